The third kappa shape index (κ3) is 5.76. The molecular formula is C27H24N4O6. The summed E-state index contributed by atoms with van der Waals surface area (Å²) in [5.74, 6) is -2.09. The molecule has 4 rings (SSSR count). The van der Waals surface area contributed by atoms with Gasteiger partial charge in [0, 0.05) is 22.9 Å². The van der Waals surface area contributed by atoms with Gasteiger partial charge in [-0.15, -0.1) is 0 Å². The lowest BCUT2D eigenvalue weighted by atomic mass is 9.99. The molecular weight excluding hydrogens is 476 g/mol. The smallest absolute Gasteiger partial charge is 0.311 e. The number of hydrogen-bond acceptors (Lipinski definition) is 7. The van der Waals surface area contributed by atoms with E-state index in [0.717, 1.165) is 35.4 Å². The number of rotatable bonds is 8. The van der Waals surface area contributed by atoms with Gasteiger partial charge in [-0.3, -0.25) is 30.6 Å². The summed E-state index contributed by atoms with van der Waals surface area (Å²) in [6, 6.07) is 22.6. The first-order chi connectivity index (χ1) is 17.9. The van der Waals surface area contributed by atoms with E-state index in [9.17, 15) is 24.8 Å². The number of phenolic OH excluding ortho intramolecular Hbond substituents is 1. The number of carbonyl (C=O) groups excluding carboxylic acids is 2. The zero-order valence-electron chi connectivity index (χ0n) is 19.8. The van der Waals surface area contributed by atoms with Crippen molar-refractivity contribution in [3.05, 3.63) is 112 Å². The number of nitrogens with zero attached hydrogens (tertiary/aromatic N) is 1. The first kappa shape index (κ1) is 25.0. The third-order valence-corrected chi connectivity index (χ3v) is 5.74. The Morgan fingerprint density at radius 2 is 1.68 bits per heavy atom. The number of hydrogen-bond donors (Lipinski definition) is 4. The Bertz CT molecular complexity index is 1420. The maximum Gasteiger partial charge on any atom is 0.311 e. The Kier molecular flexibility index (Phi) is 7.48. The van der Waals surface area contributed by atoms with Gasteiger partial charge in [-0.2, -0.15) is 0 Å². The summed E-state index contributed by atoms with van der Waals surface area (Å²) in [6.07, 6.45) is 2.24. The van der Waals surface area contributed by atoms with Crippen molar-refractivity contribution in [1.29, 1.82) is 0 Å². The lowest BCUT2D eigenvalue weighted by Crippen LogP contribution is -2.41. The molecule has 0 aliphatic rings. The summed E-state index contributed by atoms with van der Waals surface area (Å²) in [4.78, 5) is 35.2. The van der Waals surface area contributed by atoms with Crippen LogP contribution in [0.2, 0.25) is 0 Å². The lowest BCUT2D eigenvalue weighted by molar-refractivity contribution is -0.385. The van der Waals surface area contributed by atoms with E-state index >= 15 is 0 Å². The molecule has 0 aliphatic heterocycles. The Labute approximate surface area is 212 Å². The van der Waals surface area contributed by atoms with Crippen LogP contribution in [0, 0.1) is 10.1 Å². The molecule has 1 unspecified atom stereocenters. The van der Waals surface area contributed by atoms with Crippen molar-refractivity contribution in [2.24, 2.45) is 0 Å². The molecule has 1 aromatic heterocycles. The summed E-state index contributed by atoms with van der Waals surface area (Å²) >= 11 is 0. The van der Waals surface area contributed by atoms with Crippen LogP contribution in [-0.2, 0) is 0 Å². The van der Waals surface area contributed by atoms with Gasteiger partial charge in [0.25, 0.3) is 5.91 Å². The number of nitro groups is 1. The molecule has 0 fully saturated rings. The zero-order chi connectivity index (χ0) is 26.4. The molecule has 10 nitrogen and oxygen atoms in total. The highest BCUT2D eigenvalue weighted by Crippen LogP contribution is 2.29. The lowest BCUT2D eigenvalue weighted by Gasteiger charge is -2.19. The standard InChI is InChI=1S/C27H24N4O6/c1-2-22(28-20-6-4-3-5-7-20)18-10-8-17(9-11-18)21-14-15-37-25(21)27(34)30-29-26(33)19-12-13-24(32)23(16-19)31(35)36/h3-16,22,28,32H,2H2,1H3,(H,29,33)(H,30,34). The van der Waals surface area contributed by atoms with Gasteiger partial charge in [0.15, 0.2) is 5.75 Å². The fourth-order valence-corrected chi connectivity index (χ4v) is 3.82. The molecule has 0 spiro atoms. The minimum absolute atomic E-state index is 0.0146. The first-order valence-corrected chi connectivity index (χ1v) is 11.4. The highest BCUT2D eigenvalue weighted by molar-refractivity contribution is 6.01. The number of hydrazine groups is 1. The highest BCUT2D eigenvalue weighted by atomic mass is 16.6. The van der Waals surface area contributed by atoms with E-state index in [0.29, 0.717) is 5.56 Å². The maximum atomic E-state index is 12.7. The number of carbonyl (C=O) groups is 2. The molecule has 0 saturated carbocycles. The average Bonchev–Trinajstić information content (AvgIpc) is 3.41. The largest absolute Gasteiger partial charge is 0.502 e. The van der Waals surface area contributed by atoms with Crippen LogP contribution in [0.5, 0.6) is 5.75 Å². The number of nitro benzene ring substituents is 1. The topological polar surface area (TPSA) is 147 Å². The van der Waals surface area contributed by atoms with Crippen LogP contribution in [0.25, 0.3) is 11.1 Å². The van der Waals surface area contributed by atoms with Crippen molar-refractivity contribution in [3.8, 4) is 16.9 Å². The number of aromatic hydroxyl groups is 1. The van der Waals surface area contributed by atoms with Crippen LogP contribution in [0.4, 0.5) is 11.4 Å². The number of phenols is 1. The van der Waals surface area contributed by atoms with Crippen LogP contribution in [0.15, 0.2) is 89.5 Å². The molecule has 1 atom stereocenters. The third-order valence-electron chi connectivity index (χ3n) is 5.74. The van der Waals surface area contributed by atoms with Gasteiger partial charge in [-0.1, -0.05) is 49.4 Å². The maximum absolute atomic E-state index is 12.7. The molecule has 0 saturated heterocycles. The van der Waals surface area contributed by atoms with Gasteiger partial charge < -0.3 is 14.8 Å². The SMILES string of the molecule is CCC(Nc1ccccc1)c1ccc(-c2ccoc2C(=O)NNC(=O)c2ccc(O)c([N+](=O)[O-])c2)cc1. The van der Waals surface area contributed by atoms with Gasteiger partial charge >= 0.3 is 11.6 Å². The molecule has 0 radical (unpaired) electrons. The molecule has 4 aromatic rings. The molecule has 0 aliphatic carbocycles. The Hall–Kier alpha value is -5.12. The van der Waals surface area contributed by atoms with Gasteiger partial charge in [0.1, 0.15) is 0 Å². The minimum atomic E-state index is -0.814. The Morgan fingerprint density at radius 3 is 2.35 bits per heavy atom. The molecule has 188 valence electrons. The van der Waals surface area contributed by atoms with E-state index in [-0.39, 0.29) is 17.4 Å². The van der Waals surface area contributed by atoms with Crippen LogP contribution in [0.3, 0.4) is 0 Å². The summed E-state index contributed by atoms with van der Waals surface area (Å²) in [6.45, 7) is 2.09. The van der Waals surface area contributed by atoms with Crippen molar-refractivity contribution in [2.45, 2.75) is 19.4 Å². The second kappa shape index (κ2) is 11.1. The minimum Gasteiger partial charge on any atom is -0.502 e. The summed E-state index contributed by atoms with van der Waals surface area (Å²) in [7, 11) is 0. The molecule has 10 heteroatoms. The van der Waals surface area contributed by atoms with Crippen molar-refractivity contribution < 1.29 is 24.0 Å². The Morgan fingerprint density at radius 1 is 0.973 bits per heavy atom. The van der Waals surface area contributed by atoms with Crippen molar-refractivity contribution in [1.82, 2.24) is 10.9 Å². The van der Waals surface area contributed by atoms with Gasteiger partial charge in [0.2, 0.25) is 5.76 Å². The number of amides is 2. The fraction of sp³-hybridized carbons (Fsp3) is 0.111. The second-order valence-corrected chi connectivity index (χ2v) is 8.13. The number of nitrogens with one attached hydrogen (secondary N) is 3. The monoisotopic (exact) mass is 500 g/mol. The summed E-state index contributed by atoms with van der Waals surface area (Å²) in [5.41, 5.74) is 7.09. The van der Waals surface area contributed by atoms with Crippen LogP contribution >= 0.6 is 0 Å². The van der Waals surface area contributed by atoms with E-state index < -0.39 is 28.2 Å². The van der Waals surface area contributed by atoms with Crippen molar-refractivity contribution in [2.75, 3.05) is 5.32 Å². The van der Waals surface area contributed by atoms with E-state index in [1.807, 2.05) is 54.6 Å². The summed E-state index contributed by atoms with van der Waals surface area (Å²) < 4.78 is 5.36. The average molecular weight is 501 g/mol. The Balaban J connectivity index is 1.44. The molecule has 1 heterocycles. The van der Waals surface area contributed by atoms with E-state index in [4.69, 9.17) is 4.42 Å². The van der Waals surface area contributed by atoms with Crippen molar-refractivity contribution >= 4 is 23.2 Å². The van der Waals surface area contributed by atoms with Gasteiger partial charge in [-0.05, 0) is 47.9 Å². The highest BCUT2D eigenvalue weighted by Gasteiger charge is 2.20. The van der Waals surface area contributed by atoms with E-state index in [1.54, 1.807) is 6.07 Å². The van der Waals surface area contributed by atoms with Gasteiger partial charge in [-0.25, -0.2) is 0 Å². The van der Waals surface area contributed by atoms with E-state index in [2.05, 4.69) is 23.1 Å². The molecule has 0 bridgehead atoms. The first-order valence-electron chi connectivity index (χ1n) is 11.4. The van der Waals surface area contributed by atoms with E-state index in [1.165, 1.54) is 12.3 Å². The predicted octanol–water partition coefficient (Wildman–Crippen LogP) is 5.20. The van der Waals surface area contributed by atoms with Crippen LogP contribution in [0.1, 0.15) is 45.9 Å². The summed E-state index contributed by atoms with van der Waals surface area (Å²) in [5, 5.41) is 24.0. The predicted molar refractivity (Wildman–Crippen MR) is 137 cm³/mol. The normalized spacial score (nSPS) is 11.4. The number of benzene rings is 3. The number of para-hydroxylation sites is 1. The molecule has 2 amide bonds. The number of furan rings is 1. The number of anilines is 1. The van der Waals surface area contributed by atoms with Crippen LogP contribution < -0.4 is 16.2 Å². The van der Waals surface area contributed by atoms with Crippen molar-refractivity contribution in [3.63, 3.8) is 0 Å². The quantitative estimate of drug-likeness (QED) is 0.192. The molecule has 3 aromatic carbocycles. The molecule has 37 heavy (non-hydrogen) atoms. The van der Waals surface area contributed by atoms with Crippen LogP contribution in [-0.4, -0.2) is 21.8 Å². The fourth-order valence-electron chi connectivity index (χ4n) is 3.82. The van der Waals surface area contributed by atoms with Gasteiger partial charge in [0.05, 0.1) is 17.2 Å². The zero-order valence-corrected chi connectivity index (χ0v) is 19.8. The second-order valence-electron chi connectivity index (χ2n) is 8.13. The molecule has 4 N–H and O–H groups in total.